The average molecular weight is 1160 g/mol. The molecule has 0 radical (unpaired) electrons. The van der Waals surface area contributed by atoms with E-state index in [2.05, 4.69) is 67.8 Å². The number of allylic oxidation sites excluding steroid dienone is 9. The van der Waals surface area contributed by atoms with Crippen LogP contribution in [0.1, 0.15) is 341 Å². The van der Waals surface area contributed by atoms with E-state index in [4.69, 9.17) is 9.05 Å². The first-order valence-corrected chi connectivity index (χ1v) is 36.7. The molecule has 9 heteroatoms. The Hall–Kier alpha value is -1.80. The zero-order chi connectivity index (χ0) is 59.1. The van der Waals surface area contributed by atoms with Gasteiger partial charge in [-0.2, -0.15) is 0 Å². The highest BCUT2D eigenvalue weighted by atomic mass is 31.2. The van der Waals surface area contributed by atoms with E-state index in [1.54, 1.807) is 6.08 Å². The third kappa shape index (κ3) is 65.6. The van der Waals surface area contributed by atoms with Crippen molar-refractivity contribution < 1.29 is 32.9 Å². The molecule has 0 fully saturated rings. The van der Waals surface area contributed by atoms with Crippen LogP contribution in [0.25, 0.3) is 0 Å². The van der Waals surface area contributed by atoms with Crippen LogP contribution in [0.5, 0.6) is 0 Å². The molecule has 0 bridgehead atoms. The second-order valence-electron chi connectivity index (χ2n) is 25.2. The molecule has 0 aliphatic rings. The van der Waals surface area contributed by atoms with E-state index in [-0.39, 0.29) is 19.1 Å². The van der Waals surface area contributed by atoms with Crippen molar-refractivity contribution in [3.8, 4) is 0 Å². The molecule has 0 rings (SSSR count). The van der Waals surface area contributed by atoms with Gasteiger partial charge in [-0.05, 0) is 57.8 Å². The predicted octanol–water partition coefficient (Wildman–Crippen LogP) is 22.4. The number of unbranched alkanes of at least 4 members (excludes halogenated alkanes) is 44. The molecular formula is C72H138N2O6P+. The van der Waals surface area contributed by atoms with Crippen LogP contribution in [0.4, 0.5) is 0 Å². The number of hydrogen-bond acceptors (Lipinski definition) is 5. The average Bonchev–Trinajstić information content (AvgIpc) is 3.43. The van der Waals surface area contributed by atoms with Crippen LogP contribution in [0.3, 0.4) is 0 Å². The van der Waals surface area contributed by atoms with Crippen LogP contribution in [0.2, 0.25) is 0 Å². The molecule has 0 heterocycles. The van der Waals surface area contributed by atoms with Crippen LogP contribution in [0, 0.1) is 0 Å². The molecule has 81 heavy (non-hydrogen) atoms. The van der Waals surface area contributed by atoms with Gasteiger partial charge < -0.3 is 19.8 Å². The van der Waals surface area contributed by atoms with Gasteiger partial charge in [-0.3, -0.25) is 13.8 Å². The highest BCUT2D eigenvalue weighted by Gasteiger charge is 2.28. The van der Waals surface area contributed by atoms with Crippen molar-refractivity contribution in [3.63, 3.8) is 0 Å². The third-order valence-electron chi connectivity index (χ3n) is 16.0. The van der Waals surface area contributed by atoms with Crippen LogP contribution >= 0.6 is 7.82 Å². The van der Waals surface area contributed by atoms with Crippen molar-refractivity contribution in [1.29, 1.82) is 0 Å². The molecule has 0 aromatic carbocycles. The second kappa shape index (κ2) is 62.7. The van der Waals surface area contributed by atoms with E-state index in [0.29, 0.717) is 17.4 Å². The van der Waals surface area contributed by atoms with Gasteiger partial charge in [0, 0.05) is 6.42 Å². The summed E-state index contributed by atoms with van der Waals surface area (Å²) in [7, 11) is 1.58. The highest BCUT2D eigenvalue weighted by molar-refractivity contribution is 7.47. The molecule has 3 atom stereocenters. The van der Waals surface area contributed by atoms with Crippen molar-refractivity contribution in [2.45, 2.75) is 353 Å². The molecular weight excluding hydrogens is 1020 g/mol. The van der Waals surface area contributed by atoms with Gasteiger partial charge in [-0.25, -0.2) is 4.57 Å². The maximum absolute atomic E-state index is 13.1. The Morgan fingerprint density at radius 2 is 0.741 bits per heavy atom. The van der Waals surface area contributed by atoms with Gasteiger partial charge in [0.25, 0.3) is 0 Å². The van der Waals surface area contributed by atoms with Crippen molar-refractivity contribution in [3.05, 3.63) is 60.8 Å². The van der Waals surface area contributed by atoms with Gasteiger partial charge >= 0.3 is 7.82 Å². The normalized spacial score (nSPS) is 14.0. The predicted molar refractivity (Wildman–Crippen MR) is 355 cm³/mol. The lowest BCUT2D eigenvalue weighted by Gasteiger charge is -2.25. The standard InChI is InChI=1S/C72H137N2O6P/c1-6-8-10-12-14-16-18-20-22-24-26-28-30-32-34-36-38-39-41-43-45-47-49-51-53-55-57-59-61-63-65-71(75)70(69-80-81(77,78)79-68-67-74(3,4)5)73-72(76)66-64-62-60-58-56-54-52-50-48-46-44-42-40-37-35-33-31-29-27-25-23-21-19-17-15-13-11-9-7-2/h9,11,15,17,21,23,27,29,63,65,70-71,75H,6-8,10,12-14,16,18-20,22,24-26,28,30-62,64,66-69H2,1-5H3,(H-,73,76,77,78)/p+1/b11-9-,17-15-,23-21-,29-27-,65-63+. The van der Waals surface area contributed by atoms with Crippen molar-refractivity contribution >= 4 is 13.7 Å². The van der Waals surface area contributed by atoms with E-state index in [0.717, 1.165) is 64.2 Å². The van der Waals surface area contributed by atoms with Crippen molar-refractivity contribution in [2.75, 3.05) is 40.9 Å². The van der Waals surface area contributed by atoms with Gasteiger partial charge in [-0.15, -0.1) is 0 Å². The molecule has 3 unspecified atom stereocenters. The number of quaternary nitrogens is 1. The molecule has 1 amide bonds. The number of nitrogens with one attached hydrogen (secondary N) is 1. The number of nitrogens with zero attached hydrogens (tertiary/aromatic N) is 1. The summed E-state index contributed by atoms with van der Waals surface area (Å²) in [5.41, 5.74) is 0. The van der Waals surface area contributed by atoms with E-state index >= 15 is 0 Å². The number of rotatable bonds is 65. The number of phosphoric acid groups is 1. The zero-order valence-electron chi connectivity index (χ0n) is 54.5. The molecule has 476 valence electrons. The molecule has 0 saturated carbocycles. The Bertz CT molecular complexity index is 1500. The van der Waals surface area contributed by atoms with E-state index in [9.17, 15) is 19.4 Å². The number of hydrogen-bond donors (Lipinski definition) is 3. The Kier molecular flexibility index (Phi) is 61.3. The Labute approximate surface area is 504 Å². The van der Waals surface area contributed by atoms with Crippen LogP contribution in [-0.4, -0.2) is 73.4 Å². The van der Waals surface area contributed by atoms with E-state index in [1.807, 2.05) is 27.2 Å². The Morgan fingerprint density at radius 1 is 0.432 bits per heavy atom. The third-order valence-corrected chi connectivity index (χ3v) is 17.0. The summed E-state index contributed by atoms with van der Waals surface area (Å²) >= 11 is 0. The number of aliphatic hydroxyl groups excluding tert-OH is 1. The quantitative estimate of drug-likeness (QED) is 0.0243. The van der Waals surface area contributed by atoms with Gasteiger partial charge in [-0.1, -0.05) is 338 Å². The number of amides is 1. The zero-order valence-corrected chi connectivity index (χ0v) is 55.4. The lowest BCUT2D eigenvalue weighted by Crippen LogP contribution is -2.45. The SMILES string of the molecule is CC/C=C\C/C=C\C/C=C\C/C=C\CCCCCCCCCCCCCCCCCCC(=O)NC(COP(=O)(O)OCC[N+](C)(C)C)C(O)/C=C/CCCCCCCCCCCCCCCCCCCCCCCCCCCCCC. The lowest BCUT2D eigenvalue weighted by molar-refractivity contribution is -0.870. The number of likely N-dealkylation sites (N-methyl/N-ethyl adjacent to an activating group) is 1. The summed E-state index contributed by atoms with van der Waals surface area (Å²) in [6.45, 7) is 4.75. The van der Waals surface area contributed by atoms with Gasteiger partial charge in [0.15, 0.2) is 0 Å². The first-order chi connectivity index (χ1) is 39.5. The van der Waals surface area contributed by atoms with E-state index in [1.165, 1.54) is 257 Å². The highest BCUT2D eigenvalue weighted by Crippen LogP contribution is 2.43. The lowest BCUT2D eigenvalue weighted by atomic mass is 10.0. The smallest absolute Gasteiger partial charge is 0.387 e. The van der Waals surface area contributed by atoms with E-state index < -0.39 is 20.0 Å². The first-order valence-electron chi connectivity index (χ1n) is 35.2. The Balaban J connectivity index is 4.06. The largest absolute Gasteiger partial charge is 0.472 e. The molecule has 8 nitrogen and oxygen atoms in total. The molecule has 0 saturated heterocycles. The maximum atomic E-state index is 13.1. The van der Waals surface area contributed by atoms with Crippen LogP contribution < -0.4 is 5.32 Å². The minimum atomic E-state index is -4.36. The summed E-state index contributed by atoms with van der Waals surface area (Å²) < 4.78 is 23.8. The summed E-state index contributed by atoms with van der Waals surface area (Å²) in [6.07, 6.45) is 86.5. The molecule has 0 spiro atoms. The minimum absolute atomic E-state index is 0.0615. The number of carbonyl (C=O) groups excluding carboxylic acids is 1. The molecule has 0 aliphatic carbocycles. The molecule has 0 aromatic rings. The minimum Gasteiger partial charge on any atom is -0.387 e. The fraction of sp³-hybridized carbons (Fsp3) is 0.847. The van der Waals surface area contributed by atoms with Crippen LogP contribution in [0.15, 0.2) is 60.8 Å². The maximum Gasteiger partial charge on any atom is 0.472 e. The summed E-state index contributed by atoms with van der Waals surface area (Å²) in [5.74, 6) is -0.173. The Morgan fingerprint density at radius 3 is 1.09 bits per heavy atom. The van der Waals surface area contributed by atoms with Gasteiger partial charge in [0.1, 0.15) is 13.2 Å². The first kappa shape index (κ1) is 79.2. The summed E-state index contributed by atoms with van der Waals surface area (Å²) in [5, 5.41) is 14.0. The van der Waals surface area contributed by atoms with Crippen molar-refractivity contribution in [2.24, 2.45) is 0 Å². The number of carbonyl (C=O) groups is 1. The van der Waals surface area contributed by atoms with Gasteiger partial charge in [0.05, 0.1) is 39.9 Å². The summed E-state index contributed by atoms with van der Waals surface area (Å²) in [4.78, 5) is 23.4. The second-order valence-corrected chi connectivity index (χ2v) is 26.7. The fourth-order valence-electron chi connectivity index (χ4n) is 10.6. The van der Waals surface area contributed by atoms with Gasteiger partial charge in [0.2, 0.25) is 5.91 Å². The molecule has 0 aromatic heterocycles. The topological polar surface area (TPSA) is 105 Å². The summed E-state index contributed by atoms with van der Waals surface area (Å²) in [6, 6.07) is -0.850. The van der Waals surface area contributed by atoms with Crippen molar-refractivity contribution in [1.82, 2.24) is 5.32 Å². The number of aliphatic hydroxyl groups is 1. The monoisotopic (exact) mass is 1160 g/mol. The molecule has 0 aliphatic heterocycles. The fourth-order valence-corrected chi connectivity index (χ4v) is 11.3. The number of phosphoric ester groups is 1. The van der Waals surface area contributed by atoms with Crippen LogP contribution in [-0.2, 0) is 18.4 Å². The molecule has 3 N–H and O–H groups in total.